The number of rotatable bonds is 2. The third kappa shape index (κ3) is 2.08. The Balaban J connectivity index is 3.38. The zero-order valence-corrected chi connectivity index (χ0v) is 8.20. The van der Waals surface area contributed by atoms with Crippen molar-refractivity contribution >= 4 is 5.97 Å². The summed E-state index contributed by atoms with van der Waals surface area (Å²) in [7, 11) is 1.08. The Kier molecular flexibility index (Phi) is 3.40. The highest BCUT2D eigenvalue weighted by Crippen LogP contribution is 2.29. The van der Waals surface area contributed by atoms with Crippen molar-refractivity contribution in [3.8, 4) is 11.8 Å². The fraction of sp³-hybridized carbons (Fsp3) is 0.200. The third-order valence-corrected chi connectivity index (χ3v) is 1.93. The van der Waals surface area contributed by atoms with Gasteiger partial charge in [-0.1, -0.05) is 0 Å². The van der Waals surface area contributed by atoms with Gasteiger partial charge in [0.15, 0.2) is 0 Å². The van der Waals surface area contributed by atoms with Crippen LogP contribution in [0.1, 0.15) is 27.9 Å². The van der Waals surface area contributed by atoms with Crippen LogP contribution in [0.25, 0.3) is 0 Å². The summed E-state index contributed by atoms with van der Waals surface area (Å²) in [5.74, 6) is -1.53. The fourth-order valence-corrected chi connectivity index (χ4v) is 1.16. The van der Waals surface area contributed by atoms with E-state index in [1.54, 1.807) is 0 Å². The smallest absolute Gasteiger partial charge is 0.341 e. The van der Waals surface area contributed by atoms with Crippen molar-refractivity contribution in [3.63, 3.8) is 0 Å². The normalized spacial score (nSPS) is 9.94. The second-order valence-corrected chi connectivity index (χ2v) is 2.86. The first kappa shape index (κ1) is 11.9. The average molecular weight is 227 g/mol. The van der Waals surface area contributed by atoms with Gasteiger partial charge >= 0.3 is 5.97 Å². The summed E-state index contributed by atoms with van der Waals surface area (Å²) in [6.07, 6.45) is -2.90. The van der Waals surface area contributed by atoms with E-state index >= 15 is 0 Å². The number of methoxy groups -OCH3 is 1. The van der Waals surface area contributed by atoms with E-state index in [0.717, 1.165) is 13.2 Å². The Morgan fingerprint density at radius 3 is 2.62 bits per heavy atom. The molecule has 0 aromatic heterocycles. The van der Waals surface area contributed by atoms with Crippen molar-refractivity contribution in [2.75, 3.05) is 7.11 Å². The molecule has 4 nitrogen and oxygen atoms in total. The van der Waals surface area contributed by atoms with Gasteiger partial charge in [-0.25, -0.2) is 13.6 Å². The molecule has 0 aliphatic heterocycles. The molecule has 0 fully saturated rings. The zero-order chi connectivity index (χ0) is 12.3. The molecule has 1 aromatic rings. The molecule has 0 heterocycles. The number of benzene rings is 1. The lowest BCUT2D eigenvalue weighted by Gasteiger charge is -2.07. The number of hydrogen-bond acceptors (Lipinski definition) is 4. The molecule has 0 spiro atoms. The number of nitrogens with zero attached hydrogens (tertiary/aromatic N) is 1. The molecule has 0 bridgehead atoms. The van der Waals surface area contributed by atoms with Crippen molar-refractivity contribution in [2.24, 2.45) is 0 Å². The van der Waals surface area contributed by atoms with Crippen LogP contribution < -0.4 is 0 Å². The van der Waals surface area contributed by atoms with Crippen LogP contribution in [0.4, 0.5) is 8.78 Å². The number of carbonyl (C=O) groups is 1. The Morgan fingerprint density at radius 2 is 2.19 bits per heavy atom. The molecule has 0 saturated heterocycles. The first-order chi connectivity index (χ1) is 7.51. The van der Waals surface area contributed by atoms with E-state index in [4.69, 9.17) is 5.26 Å². The third-order valence-electron chi connectivity index (χ3n) is 1.93. The molecule has 1 rings (SSSR count). The van der Waals surface area contributed by atoms with Gasteiger partial charge in [-0.3, -0.25) is 0 Å². The summed E-state index contributed by atoms with van der Waals surface area (Å²) in [6, 6.07) is 3.09. The summed E-state index contributed by atoms with van der Waals surface area (Å²) >= 11 is 0. The Bertz CT molecular complexity index is 466. The van der Waals surface area contributed by atoms with Gasteiger partial charge < -0.3 is 9.84 Å². The highest BCUT2D eigenvalue weighted by atomic mass is 19.3. The van der Waals surface area contributed by atoms with Gasteiger partial charge in [-0.15, -0.1) is 0 Å². The molecule has 0 amide bonds. The van der Waals surface area contributed by atoms with E-state index in [1.807, 2.05) is 0 Å². The van der Waals surface area contributed by atoms with Crippen LogP contribution in [0.5, 0.6) is 5.75 Å². The number of phenolic OH excluding ortho intramolecular Hbond substituents is 1. The highest BCUT2D eigenvalue weighted by molar-refractivity contribution is 5.93. The van der Waals surface area contributed by atoms with Crippen LogP contribution >= 0.6 is 0 Å². The van der Waals surface area contributed by atoms with Crippen LogP contribution in [0.15, 0.2) is 12.1 Å². The first-order valence-corrected chi connectivity index (χ1v) is 4.14. The number of alkyl halides is 2. The van der Waals surface area contributed by atoms with Crippen LogP contribution in [-0.2, 0) is 4.74 Å². The van der Waals surface area contributed by atoms with Crippen molar-refractivity contribution in [1.82, 2.24) is 0 Å². The van der Waals surface area contributed by atoms with Crippen LogP contribution in [0.3, 0.4) is 0 Å². The van der Waals surface area contributed by atoms with E-state index in [0.29, 0.717) is 6.07 Å². The van der Waals surface area contributed by atoms with E-state index in [-0.39, 0.29) is 11.1 Å². The SMILES string of the molecule is COC(=O)c1cc(C#N)c(C(F)F)cc1O. The fourth-order valence-electron chi connectivity index (χ4n) is 1.16. The number of halogens is 2. The maximum Gasteiger partial charge on any atom is 0.341 e. The summed E-state index contributed by atoms with van der Waals surface area (Å²) in [4.78, 5) is 11.1. The minimum Gasteiger partial charge on any atom is -0.507 e. The first-order valence-electron chi connectivity index (χ1n) is 4.14. The molecular formula is C10H7F2NO3. The minimum atomic E-state index is -2.90. The van der Waals surface area contributed by atoms with E-state index in [9.17, 15) is 18.7 Å². The van der Waals surface area contributed by atoms with E-state index < -0.39 is 23.7 Å². The zero-order valence-electron chi connectivity index (χ0n) is 8.20. The molecule has 1 aromatic carbocycles. The average Bonchev–Trinajstić information content (AvgIpc) is 2.27. The molecule has 0 unspecified atom stereocenters. The van der Waals surface area contributed by atoms with E-state index in [2.05, 4.69) is 4.74 Å². The van der Waals surface area contributed by atoms with Crippen molar-refractivity contribution in [3.05, 3.63) is 28.8 Å². The number of esters is 1. The number of aromatic hydroxyl groups is 1. The molecule has 84 valence electrons. The largest absolute Gasteiger partial charge is 0.507 e. The van der Waals surface area contributed by atoms with E-state index in [1.165, 1.54) is 6.07 Å². The second kappa shape index (κ2) is 4.57. The maximum absolute atomic E-state index is 12.4. The molecule has 0 atom stereocenters. The molecule has 0 saturated carbocycles. The van der Waals surface area contributed by atoms with Crippen LogP contribution in [0, 0.1) is 11.3 Å². The molecule has 6 heteroatoms. The Morgan fingerprint density at radius 1 is 1.56 bits per heavy atom. The van der Waals surface area contributed by atoms with Crippen LogP contribution in [0.2, 0.25) is 0 Å². The standard InChI is InChI=1S/C10H7F2NO3/c1-16-10(15)7-2-5(4-13)6(9(11)12)3-8(7)14/h2-3,9,14H,1H3. The summed E-state index contributed by atoms with van der Waals surface area (Å²) in [6.45, 7) is 0. The van der Waals surface area contributed by atoms with Gasteiger partial charge in [0.2, 0.25) is 0 Å². The minimum absolute atomic E-state index is 0.316. The van der Waals surface area contributed by atoms with Gasteiger partial charge in [0.25, 0.3) is 6.43 Å². The molecular weight excluding hydrogens is 220 g/mol. The summed E-state index contributed by atoms with van der Waals surface area (Å²) < 4.78 is 29.2. The molecule has 0 radical (unpaired) electrons. The number of phenols is 1. The number of ether oxygens (including phenoxy) is 1. The van der Waals surface area contributed by atoms with Gasteiger partial charge in [0, 0.05) is 5.56 Å². The predicted octanol–water partition coefficient (Wildman–Crippen LogP) is 1.99. The molecule has 0 aliphatic rings. The summed E-state index contributed by atoms with van der Waals surface area (Å²) in [5, 5.41) is 17.9. The van der Waals surface area contributed by atoms with Crippen molar-refractivity contribution < 1.29 is 23.4 Å². The lowest BCUT2D eigenvalue weighted by molar-refractivity contribution is 0.0597. The maximum atomic E-state index is 12.4. The number of nitriles is 1. The molecule has 1 N–H and O–H groups in total. The van der Waals surface area contributed by atoms with Gasteiger partial charge in [0.05, 0.1) is 18.7 Å². The lowest BCUT2D eigenvalue weighted by atomic mass is 10.0. The monoisotopic (exact) mass is 227 g/mol. The van der Waals surface area contributed by atoms with Crippen molar-refractivity contribution in [2.45, 2.75) is 6.43 Å². The van der Waals surface area contributed by atoms with Gasteiger partial charge in [0.1, 0.15) is 11.3 Å². The van der Waals surface area contributed by atoms with Gasteiger partial charge in [-0.05, 0) is 12.1 Å². The van der Waals surface area contributed by atoms with Crippen LogP contribution in [-0.4, -0.2) is 18.2 Å². The quantitative estimate of drug-likeness (QED) is 0.784. The predicted molar refractivity (Wildman–Crippen MR) is 49.1 cm³/mol. The topological polar surface area (TPSA) is 70.3 Å². The highest BCUT2D eigenvalue weighted by Gasteiger charge is 2.20. The molecule has 0 aliphatic carbocycles. The molecule has 16 heavy (non-hydrogen) atoms. The lowest BCUT2D eigenvalue weighted by Crippen LogP contribution is -2.04. The number of hydrogen-bond donors (Lipinski definition) is 1. The van der Waals surface area contributed by atoms with Gasteiger partial charge in [-0.2, -0.15) is 5.26 Å². The summed E-state index contributed by atoms with van der Waals surface area (Å²) in [5.41, 5.74) is -1.30. The van der Waals surface area contributed by atoms with Crippen molar-refractivity contribution in [1.29, 1.82) is 5.26 Å². The second-order valence-electron chi connectivity index (χ2n) is 2.86. The number of carbonyl (C=O) groups excluding carboxylic acids is 1. The Labute approximate surface area is 89.7 Å². The Hall–Kier alpha value is -2.16.